The van der Waals surface area contributed by atoms with Gasteiger partial charge in [0.1, 0.15) is 12.4 Å². The first kappa shape index (κ1) is 12.4. The first-order valence-corrected chi connectivity index (χ1v) is 6.43. The number of carbonyl (C=O) groups excluding carboxylic acids is 1. The van der Waals surface area contributed by atoms with Crippen LogP contribution in [-0.2, 0) is 16.1 Å². The largest absolute Gasteiger partial charge is 0.489 e. The molecule has 20 heavy (non-hydrogen) atoms. The molecule has 2 aliphatic rings. The van der Waals surface area contributed by atoms with Crippen LogP contribution in [0, 0.1) is 0 Å². The van der Waals surface area contributed by atoms with Crippen molar-refractivity contribution < 1.29 is 9.53 Å². The number of hydrogen-bond donors (Lipinski definition) is 1. The fourth-order valence-electron chi connectivity index (χ4n) is 2.16. The molecule has 3 rings (SSSR count). The van der Waals surface area contributed by atoms with Crippen LogP contribution >= 0.6 is 0 Å². The fourth-order valence-corrected chi connectivity index (χ4v) is 2.16. The molecule has 1 aliphatic carbocycles. The molecule has 1 aromatic carbocycles. The Bertz CT molecular complexity index is 640. The van der Waals surface area contributed by atoms with E-state index in [1.807, 2.05) is 42.5 Å². The first-order chi connectivity index (χ1) is 9.86. The van der Waals surface area contributed by atoms with Gasteiger partial charge in [0.2, 0.25) is 0 Å². The van der Waals surface area contributed by atoms with E-state index < -0.39 is 0 Å². The molecule has 1 N–H and O–H groups in total. The van der Waals surface area contributed by atoms with Gasteiger partial charge < -0.3 is 10.1 Å². The van der Waals surface area contributed by atoms with Crippen molar-refractivity contribution in [1.29, 1.82) is 0 Å². The second kappa shape index (κ2) is 5.57. The summed E-state index contributed by atoms with van der Waals surface area (Å²) < 4.78 is 5.77. The maximum Gasteiger partial charge on any atom is 0.166 e. The number of hydrogen-bond acceptors (Lipinski definition) is 4. The summed E-state index contributed by atoms with van der Waals surface area (Å²) in [5, 5.41) is 2.85. The van der Waals surface area contributed by atoms with E-state index in [1.165, 1.54) is 6.34 Å². The maximum absolute atomic E-state index is 10.9. The van der Waals surface area contributed by atoms with E-state index >= 15 is 0 Å². The highest BCUT2D eigenvalue weighted by Gasteiger charge is 2.18. The Morgan fingerprint density at radius 1 is 1.30 bits per heavy atom. The van der Waals surface area contributed by atoms with Crippen LogP contribution in [0.4, 0.5) is 0 Å². The van der Waals surface area contributed by atoms with E-state index in [4.69, 9.17) is 4.74 Å². The summed E-state index contributed by atoms with van der Waals surface area (Å²) in [6.45, 7) is 0.526. The van der Waals surface area contributed by atoms with Crippen LogP contribution in [0.5, 0.6) is 0 Å². The van der Waals surface area contributed by atoms with Crippen LogP contribution in [0.15, 0.2) is 70.2 Å². The van der Waals surface area contributed by atoms with E-state index in [0.29, 0.717) is 18.7 Å². The molecule has 4 nitrogen and oxygen atoms in total. The average molecular weight is 266 g/mol. The minimum Gasteiger partial charge on any atom is -0.489 e. The summed E-state index contributed by atoms with van der Waals surface area (Å²) in [6, 6.07) is 10.00. The molecule has 0 spiro atoms. The number of aliphatic imine (C=N–C) groups is 1. The molecule has 1 heterocycles. The third-order valence-corrected chi connectivity index (χ3v) is 3.21. The molecule has 0 aromatic heterocycles. The summed E-state index contributed by atoms with van der Waals surface area (Å²) in [5.74, 6) is 0.789. The van der Waals surface area contributed by atoms with Gasteiger partial charge >= 0.3 is 0 Å². The summed E-state index contributed by atoms with van der Waals surface area (Å²) in [7, 11) is 0. The monoisotopic (exact) mass is 266 g/mol. The van der Waals surface area contributed by atoms with Gasteiger partial charge in [-0.1, -0.05) is 30.3 Å². The molecule has 0 saturated heterocycles. The van der Waals surface area contributed by atoms with Crippen molar-refractivity contribution in [2.45, 2.75) is 13.0 Å². The normalized spacial score (nSPS) is 16.8. The molecule has 100 valence electrons. The number of carbonyl (C=O) groups is 1. The summed E-state index contributed by atoms with van der Waals surface area (Å²) in [6.07, 6.45) is 6.82. The molecule has 1 aliphatic heterocycles. The highest BCUT2D eigenvalue weighted by Crippen LogP contribution is 2.28. The second-order valence-corrected chi connectivity index (χ2v) is 4.53. The minimum atomic E-state index is 0.526. The quantitative estimate of drug-likeness (QED) is 0.852. The molecule has 0 unspecified atom stereocenters. The van der Waals surface area contributed by atoms with E-state index in [1.54, 1.807) is 0 Å². The highest BCUT2D eigenvalue weighted by molar-refractivity contribution is 5.83. The van der Waals surface area contributed by atoms with Crippen LogP contribution in [0.2, 0.25) is 0 Å². The van der Waals surface area contributed by atoms with Gasteiger partial charge in [-0.25, -0.2) is 4.99 Å². The molecule has 0 bridgehead atoms. The van der Waals surface area contributed by atoms with E-state index in [9.17, 15) is 4.79 Å². The van der Waals surface area contributed by atoms with Crippen LogP contribution in [-0.4, -0.2) is 12.6 Å². The van der Waals surface area contributed by atoms with Crippen molar-refractivity contribution in [3.05, 3.63) is 70.8 Å². The van der Waals surface area contributed by atoms with Crippen LogP contribution in [0.25, 0.3) is 0 Å². The van der Waals surface area contributed by atoms with Crippen LogP contribution in [0.3, 0.4) is 0 Å². The molecule has 0 amide bonds. The number of fused-ring (bicyclic) bond motifs is 1. The van der Waals surface area contributed by atoms with Gasteiger partial charge in [0.25, 0.3) is 0 Å². The van der Waals surface area contributed by atoms with Crippen molar-refractivity contribution in [3.8, 4) is 0 Å². The standard InChI is InChI=1S/C16H14N2O2/c19-9-16-14-7-6-13(8-15(14)17-11-18-16)20-10-12-4-2-1-3-5-12/h1-6,8-9,11H,7,10H2,(H,17,18). The Hall–Kier alpha value is -2.62. The Balaban J connectivity index is 1.72. The number of rotatable bonds is 4. The molecular formula is C16H14N2O2. The topological polar surface area (TPSA) is 50.7 Å². The zero-order chi connectivity index (χ0) is 13.8. The predicted molar refractivity (Wildman–Crippen MR) is 76.7 cm³/mol. The van der Waals surface area contributed by atoms with Crippen molar-refractivity contribution in [1.82, 2.24) is 5.32 Å². The summed E-state index contributed by atoms with van der Waals surface area (Å²) >= 11 is 0. The molecule has 1 aromatic rings. The van der Waals surface area contributed by atoms with E-state index in [2.05, 4.69) is 10.3 Å². The molecule has 0 fully saturated rings. The number of aldehydes is 1. The Labute approximate surface area is 117 Å². The maximum atomic E-state index is 10.9. The van der Waals surface area contributed by atoms with Crippen molar-refractivity contribution >= 4 is 12.6 Å². The first-order valence-electron chi connectivity index (χ1n) is 6.43. The lowest BCUT2D eigenvalue weighted by atomic mass is 10.0. The third kappa shape index (κ3) is 2.54. The van der Waals surface area contributed by atoms with Gasteiger partial charge in [0.15, 0.2) is 6.29 Å². The zero-order valence-electron chi connectivity index (χ0n) is 10.9. The van der Waals surface area contributed by atoms with Gasteiger partial charge in [-0.05, 0) is 18.1 Å². The number of benzene rings is 1. The second-order valence-electron chi connectivity index (χ2n) is 4.53. The molecular weight excluding hydrogens is 252 g/mol. The van der Waals surface area contributed by atoms with Crippen LogP contribution < -0.4 is 5.32 Å². The Morgan fingerprint density at radius 2 is 2.15 bits per heavy atom. The third-order valence-electron chi connectivity index (χ3n) is 3.21. The van der Waals surface area contributed by atoms with Gasteiger partial charge in [0, 0.05) is 11.6 Å². The van der Waals surface area contributed by atoms with Crippen molar-refractivity contribution in [2.24, 2.45) is 4.99 Å². The lowest BCUT2D eigenvalue weighted by molar-refractivity contribution is -0.105. The number of nitrogens with zero attached hydrogens (tertiary/aromatic N) is 1. The smallest absolute Gasteiger partial charge is 0.166 e. The minimum absolute atomic E-state index is 0.526. The SMILES string of the molecule is O=CC1=C2CC=C(OCc3ccccc3)C=C2N=CN1. The van der Waals surface area contributed by atoms with Gasteiger partial charge in [-0.2, -0.15) is 0 Å². The number of nitrogens with one attached hydrogen (secondary N) is 1. The van der Waals surface area contributed by atoms with Crippen molar-refractivity contribution in [2.75, 3.05) is 0 Å². The predicted octanol–water partition coefficient (Wildman–Crippen LogP) is 2.46. The lowest BCUT2D eigenvalue weighted by Crippen LogP contribution is -2.20. The summed E-state index contributed by atoms with van der Waals surface area (Å²) in [5.41, 5.74) is 3.39. The highest BCUT2D eigenvalue weighted by atomic mass is 16.5. The van der Waals surface area contributed by atoms with Gasteiger partial charge in [-0.3, -0.25) is 4.79 Å². The van der Waals surface area contributed by atoms with Crippen molar-refractivity contribution in [3.63, 3.8) is 0 Å². The van der Waals surface area contributed by atoms with Crippen LogP contribution in [0.1, 0.15) is 12.0 Å². The average Bonchev–Trinajstić information content (AvgIpc) is 2.53. The molecule has 4 heteroatoms. The van der Waals surface area contributed by atoms with E-state index in [-0.39, 0.29) is 0 Å². The Morgan fingerprint density at radius 3 is 2.95 bits per heavy atom. The molecule has 0 saturated carbocycles. The summed E-state index contributed by atoms with van der Waals surface area (Å²) in [4.78, 5) is 15.2. The van der Waals surface area contributed by atoms with Gasteiger partial charge in [0.05, 0.1) is 17.7 Å². The van der Waals surface area contributed by atoms with Gasteiger partial charge in [-0.15, -0.1) is 0 Å². The number of ether oxygens (including phenoxy) is 1. The molecule has 0 atom stereocenters. The zero-order valence-corrected chi connectivity index (χ0v) is 10.9. The van der Waals surface area contributed by atoms with E-state index in [0.717, 1.165) is 28.9 Å². The fraction of sp³-hybridized carbons (Fsp3) is 0.125. The number of allylic oxidation sites excluding steroid dienone is 4. The lowest BCUT2D eigenvalue weighted by Gasteiger charge is -2.19. The molecule has 0 radical (unpaired) electrons. The Kier molecular flexibility index (Phi) is 3.46.